The van der Waals surface area contributed by atoms with Crippen LogP contribution in [0, 0.1) is 0 Å². The number of hydrogen-bond acceptors (Lipinski definition) is 2. The van der Waals surface area contributed by atoms with Gasteiger partial charge in [0.05, 0.1) is 5.69 Å². The van der Waals surface area contributed by atoms with Crippen molar-refractivity contribution < 1.29 is 4.79 Å². The number of urea groups is 1. The third kappa shape index (κ3) is 2.16. The summed E-state index contributed by atoms with van der Waals surface area (Å²) < 4.78 is 0. The van der Waals surface area contributed by atoms with Crippen LogP contribution in [0.3, 0.4) is 0 Å². The zero-order valence-corrected chi connectivity index (χ0v) is 9.58. The first-order valence-corrected chi connectivity index (χ1v) is 5.35. The number of amides is 2. The molecule has 0 N–H and O–H groups in total. The highest BCUT2D eigenvalue weighted by Crippen LogP contribution is 2.27. The maximum Gasteiger partial charge on any atom is 0.324 e. The van der Waals surface area contributed by atoms with E-state index in [2.05, 4.69) is 10.0 Å². The molecule has 0 aliphatic carbocycles. The highest BCUT2D eigenvalue weighted by atomic mass is 16.2. The van der Waals surface area contributed by atoms with Crippen LogP contribution in [0.1, 0.15) is 5.56 Å². The largest absolute Gasteiger partial charge is 0.324 e. The average molecular weight is 231 g/mol. The van der Waals surface area contributed by atoms with Crippen LogP contribution in [0.25, 0.3) is 10.4 Å². The zero-order valence-electron chi connectivity index (χ0n) is 9.58. The van der Waals surface area contributed by atoms with Crippen molar-refractivity contribution in [3.05, 3.63) is 40.3 Å². The van der Waals surface area contributed by atoms with E-state index in [-0.39, 0.29) is 12.6 Å². The van der Waals surface area contributed by atoms with E-state index in [4.69, 9.17) is 5.53 Å². The maximum absolute atomic E-state index is 12.0. The van der Waals surface area contributed by atoms with E-state index in [0.717, 1.165) is 11.3 Å². The molecule has 0 saturated carbocycles. The molecule has 6 heteroatoms. The van der Waals surface area contributed by atoms with Crippen molar-refractivity contribution in [1.29, 1.82) is 0 Å². The number of carbonyl (C=O) groups excluding carboxylic acids is 1. The van der Waals surface area contributed by atoms with Crippen molar-refractivity contribution >= 4 is 11.7 Å². The minimum Gasteiger partial charge on any atom is -0.323 e. The van der Waals surface area contributed by atoms with Gasteiger partial charge in [-0.1, -0.05) is 23.3 Å². The van der Waals surface area contributed by atoms with Gasteiger partial charge in [0.2, 0.25) is 0 Å². The molecule has 0 radical (unpaired) electrons. The third-order valence-electron chi connectivity index (χ3n) is 2.73. The van der Waals surface area contributed by atoms with E-state index in [9.17, 15) is 4.79 Å². The number of hydrogen-bond donors (Lipinski definition) is 0. The quantitative estimate of drug-likeness (QED) is 0.447. The molecular formula is C11H13N5O. The third-order valence-corrected chi connectivity index (χ3v) is 2.73. The van der Waals surface area contributed by atoms with Crippen molar-refractivity contribution in [2.75, 3.05) is 25.0 Å². The Bertz CT molecular complexity index is 481. The highest BCUT2D eigenvalue weighted by molar-refractivity contribution is 5.94. The lowest BCUT2D eigenvalue weighted by Gasteiger charge is -2.34. The molecule has 6 nitrogen and oxygen atoms in total. The Morgan fingerprint density at radius 1 is 1.47 bits per heavy atom. The fraction of sp³-hybridized carbons (Fsp3) is 0.364. The van der Waals surface area contributed by atoms with E-state index in [1.807, 2.05) is 24.3 Å². The molecule has 0 fully saturated rings. The maximum atomic E-state index is 12.0. The summed E-state index contributed by atoms with van der Waals surface area (Å²) in [6, 6.07) is 7.71. The summed E-state index contributed by atoms with van der Waals surface area (Å²) in [6.07, 6.45) is 0. The van der Waals surface area contributed by atoms with Gasteiger partial charge in [0.15, 0.2) is 0 Å². The number of anilines is 1. The number of rotatable bonds is 3. The molecule has 88 valence electrons. The van der Waals surface area contributed by atoms with Crippen LogP contribution in [-0.2, 0) is 6.54 Å². The Kier molecular flexibility index (Phi) is 3.16. The fourth-order valence-electron chi connectivity index (χ4n) is 1.95. The summed E-state index contributed by atoms with van der Waals surface area (Å²) >= 11 is 0. The Hall–Kier alpha value is -2.20. The molecule has 1 aliphatic rings. The average Bonchev–Trinajstić information content (AvgIpc) is 2.34. The van der Waals surface area contributed by atoms with E-state index in [1.165, 1.54) is 0 Å². The smallest absolute Gasteiger partial charge is 0.323 e. The van der Waals surface area contributed by atoms with Crippen molar-refractivity contribution in [3.8, 4) is 0 Å². The minimum absolute atomic E-state index is 0.0585. The van der Waals surface area contributed by atoms with Crippen LogP contribution in [0.2, 0.25) is 0 Å². The standard InChI is InChI=1S/C11H13N5O/c1-15-8-9-4-2-3-5-10(9)16(11(15)17)7-6-13-14-12/h2-5H,6-8H2,1H3. The number of fused-ring (bicyclic) bond motifs is 1. The normalized spacial score (nSPS) is 14.3. The molecule has 1 aromatic rings. The Balaban J connectivity index is 2.28. The zero-order chi connectivity index (χ0) is 12.3. The van der Waals surface area contributed by atoms with Gasteiger partial charge in [0.25, 0.3) is 0 Å². The van der Waals surface area contributed by atoms with Crippen LogP contribution in [0.5, 0.6) is 0 Å². The minimum atomic E-state index is -0.0585. The summed E-state index contributed by atoms with van der Waals surface area (Å²) in [5.74, 6) is 0. The summed E-state index contributed by atoms with van der Waals surface area (Å²) in [4.78, 5) is 18.0. The molecule has 0 bridgehead atoms. The number of benzene rings is 1. The SMILES string of the molecule is CN1Cc2ccccc2N(CCN=[N+]=[N-])C1=O. The molecule has 2 amide bonds. The fourth-order valence-corrected chi connectivity index (χ4v) is 1.95. The lowest BCUT2D eigenvalue weighted by atomic mass is 10.1. The molecule has 1 aromatic carbocycles. The summed E-state index contributed by atoms with van der Waals surface area (Å²) in [6.45, 7) is 1.31. The number of carbonyl (C=O) groups is 1. The second-order valence-electron chi connectivity index (χ2n) is 3.87. The molecule has 2 rings (SSSR count). The van der Waals surface area contributed by atoms with Gasteiger partial charge in [0, 0.05) is 31.6 Å². The number of nitrogens with zero attached hydrogens (tertiary/aromatic N) is 5. The lowest BCUT2D eigenvalue weighted by Crippen LogP contribution is -2.46. The van der Waals surface area contributed by atoms with Crippen LogP contribution in [0.4, 0.5) is 10.5 Å². The van der Waals surface area contributed by atoms with Crippen molar-refractivity contribution in [1.82, 2.24) is 4.90 Å². The van der Waals surface area contributed by atoms with Gasteiger partial charge in [0.1, 0.15) is 0 Å². The summed E-state index contributed by atoms with van der Waals surface area (Å²) in [5, 5.41) is 3.47. The van der Waals surface area contributed by atoms with Gasteiger partial charge >= 0.3 is 6.03 Å². The van der Waals surface area contributed by atoms with Crippen LogP contribution < -0.4 is 4.90 Å². The van der Waals surface area contributed by atoms with E-state index >= 15 is 0 Å². The van der Waals surface area contributed by atoms with Crippen LogP contribution in [-0.4, -0.2) is 31.1 Å². The summed E-state index contributed by atoms with van der Waals surface area (Å²) in [5.41, 5.74) is 10.3. The van der Waals surface area contributed by atoms with Crippen molar-refractivity contribution in [3.63, 3.8) is 0 Å². The van der Waals surface area contributed by atoms with Crippen LogP contribution >= 0.6 is 0 Å². The topological polar surface area (TPSA) is 72.3 Å². The van der Waals surface area contributed by atoms with Gasteiger partial charge in [-0.3, -0.25) is 4.90 Å². The first-order chi connectivity index (χ1) is 8.24. The van der Waals surface area contributed by atoms with E-state index < -0.39 is 0 Å². The van der Waals surface area contributed by atoms with Crippen molar-refractivity contribution in [2.24, 2.45) is 5.11 Å². The van der Waals surface area contributed by atoms with Gasteiger partial charge in [-0.15, -0.1) is 0 Å². The second kappa shape index (κ2) is 4.76. The molecule has 0 atom stereocenters. The molecule has 1 heterocycles. The molecule has 0 spiro atoms. The molecule has 1 aliphatic heterocycles. The van der Waals surface area contributed by atoms with Gasteiger partial charge in [-0.05, 0) is 17.2 Å². The number of azide groups is 1. The Morgan fingerprint density at radius 3 is 3.00 bits per heavy atom. The predicted octanol–water partition coefficient (Wildman–Crippen LogP) is 2.37. The van der Waals surface area contributed by atoms with Gasteiger partial charge < -0.3 is 4.90 Å². The van der Waals surface area contributed by atoms with Crippen molar-refractivity contribution in [2.45, 2.75) is 6.54 Å². The monoisotopic (exact) mass is 231 g/mol. The summed E-state index contributed by atoms with van der Waals surface area (Å²) in [7, 11) is 1.76. The van der Waals surface area contributed by atoms with E-state index in [0.29, 0.717) is 13.1 Å². The first kappa shape index (κ1) is 11.3. The lowest BCUT2D eigenvalue weighted by molar-refractivity contribution is 0.210. The van der Waals surface area contributed by atoms with E-state index in [1.54, 1.807) is 16.8 Å². The number of para-hydroxylation sites is 1. The first-order valence-electron chi connectivity index (χ1n) is 5.35. The molecular weight excluding hydrogens is 218 g/mol. The molecule has 17 heavy (non-hydrogen) atoms. The van der Waals surface area contributed by atoms with Gasteiger partial charge in [-0.2, -0.15) is 0 Å². The Labute approximate surface area is 99.1 Å². The van der Waals surface area contributed by atoms with Crippen LogP contribution in [0.15, 0.2) is 29.4 Å². The Morgan fingerprint density at radius 2 is 2.24 bits per heavy atom. The van der Waals surface area contributed by atoms with Gasteiger partial charge in [-0.25, -0.2) is 4.79 Å². The molecule has 0 unspecified atom stereocenters. The molecule has 0 aromatic heterocycles. The molecule has 0 saturated heterocycles. The second-order valence-corrected chi connectivity index (χ2v) is 3.87. The highest BCUT2D eigenvalue weighted by Gasteiger charge is 2.26. The predicted molar refractivity (Wildman–Crippen MR) is 64.7 cm³/mol.